The number of esters is 1. The molecule has 9 nitrogen and oxygen atoms in total. The van der Waals surface area contributed by atoms with Crippen molar-refractivity contribution < 1.29 is 28.5 Å². The van der Waals surface area contributed by atoms with Crippen LogP contribution in [-0.2, 0) is 25.4 Å². The Morgan fingerprint density at radius 2 is 1.76 bits per heavy atom. The van der Waals surface area contributed by atoms with Gasteiger partial charge in [-0.1, -0.05) is 11.6 Å². The first-order chi connectivity index (χ1) is 21.6. The van der Waals surface area contributed by atoms with Crippen molar-refractivity contribution >= 4 is 34.4 Å². The second-order valence-electron chi connectivity index (χ2n) is 12.6. The first kappa shape index (κ1) is 33.4. The van der Waals surface area contributed by atoms with Gasteiger partial charge in [-0.2, -0.15) is 0 Å². The number of carbonyl (C=O) groups excluding carboxylic acids is 2. The molecule has 1 unspecified atom stereocenters. The largest absolute Gasteiger partial charge is 0.497 e. The smallest absolute Gasteiger partial charge is 0.310 e. The maximum absolute atomic E-state index is 13.6. The van der Waals surface area contributed by atoms with Crippen LogP contribution in [0.2, 0.25) is 5.02 Å². The van der Waals surface area contributed by atoms with E-state index in [0.29, 0.717) is 34.1 Å². The van der Waals surface area contributed by atoms with Gasteiger partial charge >= 0.3 is 5.97 Å². The predicted molar refractivity (Wildman–Crippen MR) is 175 cm³/mol. The van der Waals surface area contributed by atoms with Crippen LogP contribution in [0.25, 0.3) is 10.9 Å². The van der Waals surface area contributed by atoms with Gasteiger partial charge in [-0.25, -0.2) is 0 Å². The van der Waals surface area contributed by atoms with E-state index in [4.69, 9.17) is 30.5 Å². The Bertz CT molecular complexity index is 1460. The van der Waals surface area contributed by atoms with E-state index in [-0.39, 0.29) is 24.6 Å². The number of fused-ring (bicyclic) bond motifs is 1. The van der Waals surface area contributed by atoms with Crippen LogP contribution in [0, 0.1) is 6.92 Å². The van der Waals surface area contributed by atoms with Crippen LogP contribution >= 0.6 is 11.6 Å². The third kappa shape index (κ3) is 8.65. The Labute approximate surface area is 271 Å². The van der Waals surface area contributed by atoms with Crippen molar-refractivity contribution in [2.75, 3.05) is 59.6 Å². The Hall–Kier alpha value is -2.95. The van der Waals surface area contributed by atoms with Crippen molar-refractivity contribution in [3.8, 4) is 5.75 Å². The van der Waals surface area contributed by atoms with E-state index >= 15 is 0 Å². The van der Waals surface area contributed by atoms with Crippen LogP contribution in [-0.4, -0.2) is 97.7 Å². The lowest BCUT2D eigenvalue weighted by atomic mass is 10.1. The number of benzene rings is 2. The van der Waals surface area contributed by atoms with Gasteiger partial charge in [0.05, 0.1) is 25.7 Å². The van der Waals surface area contributed by atoms with E-state index in [1.807, 2.05) is 39.0 Å². The molecule has 3 aromatic rings. The van der Waals surface area contributed by atoms with Crippen molar-refractivity contribution in [2.45, 2.75) is 64.8 Å². The van der Waals surface area contributed by atoms with Crippen LogP contribution in [0.4, 0.5) is 0 Å². The lowest BCUT2D eigenvalue weighted by molar-refractivity contribution is -0.163. The predicted octanol–water partition coefficient (Wildman–Crippen LogP) is 5.72. The van der Waals surface area contributed by atoms with E-state index in [0.717, 1.165) is 76.1 Å². The van der Waals surface area contributed by atoms with Gasteiger partial charge in [0.25, 0.3) is 5.91 Å². The quantitative estimate of drug-likeness (QED) is 0.184. The van der Waals surface area contributed by atoms with Crippen molar-refractivity contribution in [2.24, 2.45) is 0 Å². The monoisotopic (exact) mass is 639 g/mol. The number of ether oxygens (including phenoxy) is 4. The molecule has 244 valence electrons. The minimum absolute atomic E-state index is 0.0252. The van der Waals surface area contributed by atoms with Gasteiger partial charge in [-0.3, -0.25) is 19.1 Å². The van der Waals surface area contributed by atoms with E-state index in [2.05, 4.69) is 9.80 Å². The molecular formula is C35H46ClN3O6. The fraction of sp³-hybridized carbons (Fsp3) is 0.543. The van der Waals surface area contributed by atoms with E-state index in [9.17, 15) is 9.59 Å². The van der Waals surface area contributed by atoms with Crippen LogP contribution in [0.1, 0.15) is 61.1 Å². The third-order valence-corrected chi connectivity index (χ3v) is 8.93. The zero-order chi connectivity index (χ0) is 32.0. The van der Waals surface area contributed by atoms with Gasteiger partial charge in [0.2, 0.25) is 0 Å². The fourth-order valence-electron chi connectivity index (χ4n) is 6.37. The van der Waals surface area contributed by atoms with Crippen LogP contribution < -0.4 is 4.74 Å². The van der Waals surface area contributed by atoms with Gasteiger partial charge in [0.15, 0.2) is 6.29 Å². The number of rotatable bonds is 12. The van der Waals surface area contributed by atoms with Gasteiger partial charge in [-0.05, 0) is 94.5 Å². The highest BCUT2D eigenvalue weighted by atomic mass is 35.5. The summed E-state index contributed by atoms with van der Waals surface area (Å²) in [4.78, 5) is 31.9. The van der Waals surface area contributed by atoms with E-state index in [1.54, 1.807) is 35.9 Å². The highest BCUT2D eigenvalue weighted by Gasteiger charge is 2.30. The summed E-state index contributed by atoms with van der Waals surface area (Å²) < 4.78 is 24.7. The normalized spacial score (nSPS) is 18.3. The molecule has 2 saturated heterocycles. The van der Waals surface area contributed by atoms with Crippen LogP contribution in [0.5, 0.6) is 5.75 Å². The molecule has 3 heterocycles. The van der Waals surface area contributed by atoms with Gasteiger partial charge < -0.3 is 23.8 Å². The summed E-state index contributed by atoms with van der Waals surface area (Å²) in [5.74, 6) is 0.132. The summed E-state index contributed by atoms with van der Waals surface area (Å²) >= 11 is 6.05. The number of halogens is 1. The Morgan fingerprint density at radius 1 is 1.02 bits per heavy atom. The number of hydrogen-bond acceptors (Lipinski definition) is 8. The van der Waals surface area contributed by atoms with Crippen molar-refractivity contribution in [3.63, 3.8) is 0 Å². The Morgan fingerprint density at radius 3 is 2.44 bits per heavy atom. The van der Waals surface area contributed by atoms with Crippen molar-refractivity contribution in [1.29, 1.82) is 0 Å². The maximum Gasteiger partial charge on any atom is 0.310 e. The van der Waals surface area contributed by atoms with Crippen LogP contribution in [0.3, 0.4) is 0 Å². The molecule has 1 aromatic heterocycles. The Kier molecular flexibility index (Phi) is 11.2. The molecule has 2 aliphatic heterocycles. The molecule has 2 aromatic carbocycles. The number of piperazine rings is 1. The molecule has 2 aliphatic rings. The van der Waals surface area contributed by atoms with Crippen molar-refractivity contribution in [3.05, 3.63) is 64.3 Å². The number of aromatic nitrogens is 1. The SMILES string of the molecule is COc1ccc2c(c1)c(CC(=O)OC(C)(C)CN1CCN(CCCOC3CCCCO3)CC1)c(C)n2C(=O)c1ccc(Cl)cc1. The van der Waals surface area contributed by atoms with E-state index < -0.39 is 5.60 Å². The third-order valence-electron chi connectivity index (χ3n) is 8.68. The summed E-state index contributed by atoms with van der Waals surface area (Å²) in [6.07, 6.45) is 4.33. The maximum atomic E-state index is 13.6. The minimum Gasteiger partial charge on any atom is -0.497 e. The molecule has 0 aliphatic carbocycles. The molecule has 0 bridgehead atoms. The van der Waals surface area contributed by atoms with Crippen LogP contribution in [0.15, 0.2) is 42.5 Å². The summed E-state index contributed by atoms with van der Waals surface area (Å²) in [6.45, 7) is 12.8. The fourth-order valence-corrected chi connectivity index (χ4v) is 6.50. The highest BCUT2D eigenvalue weighted by molar-refractivity contribution is 6.30. The number of carbonyl (C=O) groups is 2. The van der Waals surface area contributed by atoms with Gasteiger partial charge in [0, 0.05) is 67.5 Å². The molecular weight excluding hydrogens is 594 g/mol. The zero-order valence-electron chi connectivity index (χ0n) is 27.0. The summed E-state index contributed by atoms with van der Waals surface area (Å²) in [7, 11) is 1.60. The average molecular weight is 640 g/mol. The molecule has 0 amide bonds. The summed E-state index contributed by atoms with van der Waals surface area (Å²) in [5.41, 5.74) is 1.99. The number of methoxy groups -OCH3 is 1. The standard InChI is InChI=1S/C35H46ClN3O6/c1-25-29(30-22-28(42-4)13-14-31(30)39(25)34(41)26-9-11-27(36)12-10-26)23-32(40)45-35(2,3)24-38-18-16-37(17-19-38)15-7-21-44-33-8-5-6-20-43-33/h9-14,22,33H,5-8,15-21,23-24H2,1-4H3. The lowest BCUT2D eigenvalue weighted by Crippen LogP contribution is -2.51. The number of nitrogens with zero attached hydrogens (tertiary/aromatic N) is 3. The number of hydrogen-bond donors (Lipinski definition) is 0. The first-order valence-corrected chi connectivity index (χ1v) is 16.4. The molecule has 5 rings (SSSR count). The van der Waals surface area contributed by atoms with E-state index in [1.165, 1.54) is 6.42 Å². The molecule has 0 saturated carbocycles. The lowest BCUT2D eigenvalue weighted by Gasteiger charge is -2.38. The molecule has 10 heteroatoms. The average Bonchev–Trinajstić information content (AvgIpc) is 3.29. The van der Waals surface area contributed by atoms with Crippen molar-refractivity contribution in [1.82, 2.24) is 14.4 Å². The van der Waals surface area contributed by atoms with Gasteiger partial charge in [0.1, 0.15) is 11.4 Å². The first-order valence-electron chi connectivity index (χ1n) is 16.0. The molecule has 1 atom stereocenters. The molecule has 0 spiro atoms. The highest BCUT2D eigenvalue weighted by Crippen LogP contribution is 2.31. The molecule has 0 N–H and O–H groups in total. The molecule has 45 heavy (non-hydrogen) atoms. The second kappa shape index (κ2) is 15.1. The summed E-state index contributed by atoms with van der Waals surface area (Å²) in [5, 5.41) is 1.35. The molecule has 0 radical (unpaired) electrons. The minimum atomic E-state index is -0.670. The second-order valence-corrected chi connectivity index (χ2v) is 13.1. The Balaban J connectivity index is 1.17. The van der Waals surface area contributed by atoms with Gasteiger partial charge in [-0.15, -0.1) is 0 Å². The summed E-state index contributed by atoms with van der Waals surface area (Å²) in [6, 6.07) is 12.3. The zero-order valence-corrected chi connectivity index (χ0v) is 27.7. The molecule has 2 fully saturated rings. The topological polar surface area (TPSA) is 82.5 Å².